The van der Waals surface area contributed by atoms with Crippen LogP contribution >= 0.6 is 56.9 Å². The van der Waals surface area contributed by atoms with Crippen molar-refractivity contribution in [3.05, 3.63) is 42.4 Å². The first-order chi connectivity index (χ1) is 10.5. The second-order valence-corrected chi connectivity index (χ2v) is 7.65. The van der Waals surface area contributed by atoms with E-state index >= 15 is 0 Å². The van der Waals surface area contributed by atoms with Crippen LogP contribution in [-0.4, -0.2) is 29.2 Å². The predicted octanol–water partition coefficient (Wildman–Crippen LogP) is 4.52. The Hall–Kier alpha value is -0.550. The van der Waals surface area contributed by atoms with Gasteiger partial charge in [0, 0.05) is 6.54 Å². The minimum Gasteiger partial charge on any atom is -0.492 e. The summed E-state index contributed by atoms with van der Waals surface area (Å²) >= 11 is 5.37. The maximum absolute atomic E-state index is 12.2. The van der Waals surface area contributed by atoms with Crippen LogP contribution in [0.2, 0.25) is 0 Å². The minimum absolute atomic E-state index is 0.236. The summed E-state index contributed by atoms with van der Waals surface area (Å²) in [5, 5.41) is -0.258. The number of nitrogens with zero attached hydrogens (tertiary/aromatic N) is 1. The van der Waals surface area contributed by atoms with Gasteiger partial charge in [0.05, 0.1) is 18.7 Å². The molecule has 1 saturated heterocycles. The molecule has 22 heavy (non-hydrogen) atoms. The second-order valence-electron chi connectivity index (χ2n) is 4.33. The number of imide groups is 1. The van der Waals surface area contributed by atoms with Gasteiger partial charge in [-0.15, -0.1) is 6.58 Å². The fourth-order valence-electron chi connectivity index (χ4n) is 1.88. The fourth-order valence-corrected chi connectivity index (χ4v) is 4.86. The number of thioether (sulfide) groups is 1. The SMILES string of the molecule is C=CCN1C(=O)S/C(=C/c2cc(I)c(OCC)c(I)c2)C1=O. The van der Waals surface area contributed by atoms with Crippen LogP contribution in [0.3, 0.4) is 0 Å². The van der Waals surface area contributed by atoms with Gasteiger partial charge in [0.2, 0.25) is 0 Å². The van der Waals surface area contributed by atoms with Crippen LogP contribution in [0, 0.1) is 7.14 Å². The molecule has 0 N–H and O–H groups in total. The fraction of sp³-hybridized carbons (Fsp3) is 0.200. The van der Waals surface area contributed by atoms with Crippen molar-refractivity contribution in [1.29, 1.82) is 0 Å². The topological polar surface area (TPSA) is 46.6 Å². The van der Waals surface area contributed by atoms with Crippen molar-refractivity contribution in [2.75, 3.05) is 13.2 Å². The number of halogens is 2. The first-order valence-electron chi connectivity index (χ1n) is 6.46. The molecule has 1 aromatic rings. The summed E-state index contributed by atoms with van der Waals surface area (Å²) < 4.78 is 7.55. The van der Waals surface area contributed by atoms with Crippen LogP contribution in [0.4, 0.5) is 4.79 Å². The third kappa shape index (κ3) is 3.85. The number of ether oxygens (including phenoxy) is 1. The molecule has 0 spiro atoms. The third-order valence-electron chi connectivity index (χ3n) is 2.79. The molecule has 0 saturated carbocycles. The van der Waals surface area contributed by atoms with Crippen LogP contribution < -0.4 is 4.74 Å². The van der Waals surface area contributed by atoms with E-state index in [1.165, 1.54) is 4.90 Å². The van der Waals surface area contributed by atoms with Crippen molar-refractivity contribution in [2.45, 2.75) is 6.92 Å². The van der Waals surface area contributed by atoms with Gasteiger partial charge in [-0.05, 0) is 87.6 Å². The first-order valence-corrected chi connectivity index (χ1v) is 9.43. The lowest BCUT2D eigenvalue weighted by Gasteiger charge is -2.10. The molecule has 116 valence electrons. The highest BCUT2D eigenvalue weighted by Crippen LogP contribution is 2.34. The number of carbonyl (C=O) groups excluding carboxylic acids is 2. The maximum Gasteiger partial charge on any atom is 0.293 e. The highest BCUT2D eigenvalue weighted by atomic mass is 127. The number of carbonyl (C=O) groups is 2. The Morgan fingerprint density at radius 1 is 1.32 bits per heavy atom. The van der Waals surface area contributed by atoms with E-state index in [-0.39, 0.29) is 17.7 Å². The molecule has 0 aromatic heterocycles. The molecule has 1 heterocycles. The van der Waals surface area contributed by atoms with Gasteiger partial charge in [0.1, 0.15) is 5.75 Å². The zero-order valence-electron chi connectivity index (χ0n) is 11.8. The lowest BCUT2D eigenvalue weighted by molar-refractivity contribution is -0.122. The van der Waals surface area contributed by atoms with Crippen LogP contribution in [0.15, 0.2) is 29.7 Å². The van der Waals surface area contributed by atoms with E-state index in [0.717, 1.165) is 30.2 Å². The van der Waals surface area contributed by atoms with Gasteiger partial charge < -0.3 is 4.74 Å². The molecular formula is C15H13I2NO3S. The number of amides is 2. The summed E-state index contributed by atoms with van der Waals surface area (Å²) in [6.07, 6.45) is 3.29. The van der Waals surface area contributed by atoms with E-state index in [1.807, 2.05) is 19.1 Å². The Balaban J connectivity index is 2.32. The lowest BCUT2D eigenvalue weighted by Crippen LogP contribution is -2.27. The molecule has 1 fully saturated rings. The highest BCUT2D eigenvalue weighted by Gasteiger charge is 2.34. The van der Waals surface area contributed by atoms with Gasteiger partial charge in [-0.25, -0.2) is 0 Å². The average Bonchev–Trinajstić information content (AvgIpc) is 2.71. The maximum atomic E-state index is 12.2. The minimum atomic E-state index is -0.270. The predicted molar refractivity (Wildman–Crippen MR) is 106 cm³/mol. The van der Waals surface area contributed by atoms with Crippen LogP contribution in [0.25, 0.3) is 6.08 Å². The Bertz CT molecular complexity index is 650. The van der Waals surface area contributed by atoms with Gasteiger partial charge in [0.15, 0.2) is 0 Å². The zero-order valence-corrected chi connectivity index (χ0v) is 16.9. The Morgan fingerprint density at radius 3 is 2.50 bits per heavy atom. The zero-order chi connectivity index (χ0) is 16.3. The first kappa shape index (κ1) is 17.8. The summed E-state index contributed by atoms with van der Waals surface area (Å²) in [4.78, 5) is 25.6. The molecule has 0 radical (unpaired) electrons. The average molecular weight is 541 g/mol. The van der Waals surface area contributed by atoms with E-state index < -0.39 is 0 Å². The van der Waals surface area contributed by atoms with Gasteiger partial charge in [-0.3, -0.25) is 14.5 Å². The molecular weight excluding hydrogens is 528 g/mol. The molecule has 0 aliphatic carbocycles. The van der Waals surface area contributed by atoms with E-state index in [1.54, 1.807) is 12.2 Å². The van der Waals surface area contributed by atoms with Crippen molar-refractivity contribution in [1.82, 2.24) is 4.90 Å². The van der Waals surface area contributed by atoms with Crippen molar-refractivity contribution in [3.63, 3.8) is 0 Å². The van der Waals surface area contributed by atoms with Crippen molar-refractivity contribution < 1.29 is 14.3 Å². The molecule has 7 heteroatoms. The highest BCUT2D eigenvalue weighted by molar-refractivity contribution is 14.1. The summed E-state index contributed by atoms with van der Waals surface area (Å²) in [6.45, 7) is 6.34. The second kappa shape index (κ2) is 7.82. The largest absolute Gasteiger partial charge is 0.492 e. The number of rotatable bonds is 5. The summed E-state index contributed by atoms with van der Waals surface area (Å²) in [7, 11) is 0. The van der Waals surface area contributed by atoms with E-state index in [9.17, 15) is 9.59 Å². The van der Waals surface area contributed by atoms with Crippen molar-refractivity contribution >= 4 is 74.2 Å². The summed E-state index contributed by atoms with van der Waals surface area (Å²) in [5.74, 6) is 0.578. The van der Waals surface area contributed by atoms with Gasteiger partial charge >= 0.3 is 0 Å². The molecule has 1 aromatic carbocycles. The Morgan fingerprint density at radius 2 is 1.95 bits per heavy atom. The van der Waals surface area contributed by atoms with Gasteiger partial charge in [0.25, 0.3) is 11.1 Å². The molecule has 2 amide bonds. The molecule has 1 aliphatic heterocycles. The molecule has 2 rings (SSSR count). The third-order valence-corrected chi connectivity index (χ3v) is 5.30. The standard InChI is InChI=1S/C15H13I2NO3S/c1-3-5-18-14(19)12(22-15(18)20)8-9-6-10(16)13(21-4-2)11(17)7-9/h3,6-8H,1,4-5H2,2H3/b12-8+. The number of hydrogen-bond donors (Lipinski definition) is 0. The van der Waals surface area contributed by atoms with E-state index in [2.05, 4.69) is 51.8 Å². The Kier molecular flexibility index (Phi) is 6.33. The van der Waals surface area contributed by atoms with E-state index in [0.29, 0.717) is 11.5 Å². The number of benzene rings is 1. The van der Waals surface area contributed by atoms with Gasteiger partial charge in [-0.2, -0.15) is 0 Å². The lowest BCUT2D eigenvalue weighted by atomic mass is 10.2. The Labute approximate surface area is 160 Å². The van der Waals surface area contributed by atoms with Crippen molar-refractivity contribution in [2.24, 2.45) is 0 Å². The van der Waals surface area contributed by atoms with Gasteiger partial charge in [-0.1, -0.05) is 6.08 Å². The van der Waals surface area contributed by atoms with Crippen LogP contribution in [-0.2, 0) is 4.79 Å². The molecule has 4 nitrogen and oxygen atoms in total. The smallest absolute Gasteiger partial charge is 0.293 e. The molecule has 0 bridgehead atoms. The normalized spacial score (nSPS) is 16.5. The van der Waals surface area contributed by atoms with Crippen LogP contribution in [0.5, 0.6) is 5.75 Å². The monoisotopic (exact) mass is 541 g/mol. The van der Waals surface area contributed by atoms with E-state index in [4.69, 9.17) is 4.74 Å². The quantitative estimate of drug-likeness (QED) is 0.313. The molecule has 0 unspecified atom stereocenters. The van der Waals surface area contributed by atoms with Crippen LogP contribution in [0.1, 0.15) is 12.5 Å². The van der Waals surface area contributed by atoms with Crippen molar-refractivity contribution in [3.8, 4) is 5.75 Å². The molecule has 0 atom stereocenters. The summed E-state index contributed by atoms with van der Waals surface area (Å²) in [5.41, 5.74) is 0.876. The molecule has 1 aliphatic rings. The summed E-state index contributed by atoms with van der Waals surface area (Å²) in [6, 6.07) is 3.88. The number of hydrogen-bond acceptors (Lipinski definition) is 4.